The molecule has 2 heterocycles. The molecule has 0 radical (unpaired) electrons. The number of methoxy groups -OCH3 is 1. The number of aromatic nitrogens is 3. The Morgan fingerprint density at radius 3 is 2.90 bits per heavy atom. The van der Waals surface area contributed by atoms with Crippen LogP contribution in [0, 0.1) is 0 Å². The van der Waals surface area contributed by atoms with Gasteiger partial charge >= 0.3 is 0 Å². The van der Waals surface area contributed by atoms with Gasteiger partial charge in [0.25, 0.3) is 0 Å². The zero-order valence-electron chi connectivity index (χ0n) is 12.1. The molecule has 2 N–H and O–H groups in total. The van der Waals surface area contributed by atoms with Gasteiger partial charge in [-0.05, 0) is 19.8 Å². The fourth-order valence-electron chi connectivity index (χ4n) is 2.47. The van der Waals surface area contributed by atoms with E-state index in [0.717, 1.165) is 16.5 Å². The summed E-state index contributed by atoms with van der Waals surface area (Å²) in [7, 11) is 3.53. The van der Waals surface area contributed by atoms with Crippen molar-refractivity contribution in [1.82, 2.24) is 14.8 Å². The van der Waals surface area contributed by atoms with E-state index in [1.54, 1.807) is 23.1 Å². The van der Waals surface area contributed by atoms with E-state index in [-0.39, 0.29) is 5.41 Å². The number of ether oxygens (including phenoxy) is 1. The van der Waals surface area contributed by atoms with E-state index in [1.807, 2.05) is 13.2 Å². The Labute approximate surface area is 122 Å². The highest BCUT2D eigenvalue weighted by Gasteiger charge is 2.37. The molecule has 5 nitrogen and oxygen atoms in total. The van der Waals surface area contributed by atoms with Crippen LogP contribution in [-0.2, 0) is 12.5 Å². The highest BCUT2D eigenvalue weighted by atomic mass is 32.1. The molecule has 0 spiro atoms. The van der Waals surface area contributed by atoms with E-state index in [9.17, 15) is 0 Å². The normalized spacial score (nSPS) is 18.0. The molecule has 1 saturated carbocycles. The summed E-state index contributed by atoms with van der Waals surface area (Å²) in [5.74, 6) is 1.42. The van der Waals surface area contributed by atoms with Gasteiger partial charge < -0.3 is 10.5 Å². The monoisotopic (exact) mass is 292 g/mol. The molecular formula is C14H20N4OS. The van der Waals surface area contributed by atoms with Crippen LogP contribution in [-0.4, -0.2) is 28.4 Å². The third kappa shape index (κ3) is 2.03. The van der Waals surface area contributed by atoms with Gasteiger partial charge in [0.15, 0.2) is 0 Å². The maximum atomic E-state index is 6.08. The predicted octanol–water partition coefficient (Wildman–Crippen LogP) is 2.03. The van der Waals surface area contributed by atoms with Crippen molar-refractivity contribution < 1.29 is 4.74 Å². The van der Waals surface area contributed by atoms with Crippen molar-refractivity contribution in [2.45, 2.75) is 31.1 Å². The van der Waals surface area contributed by atoms with Crippen molar-refractivity contribution in [1.29, 1.82) is 0 Å². The van der Waals surface area contributed by atoms with Crippen LogP contribution >= 0.6 is 11.3 Å². The molecule has 1 unspecified atom stereocenters. The van der Waals surface area contributed by atoms with Crippen LogP contribution in [0.2, 0.25) is 0 Å². The van der Waals surface area contributed by atoms with Crippen molar-refractivity contribution in [2.75, 3.05) is 13.7 Å². The molecule has 1 aliphatic carbocycles. The van der Waals surface area contributed by atoms with Gasteiger partial charge in [0.05, 0.1) is 24.4 Å². The SMILES string of the molecule is COc1c(C(C)(CN)c2nc(C3CC3)cs2)cnn1C. The molecule has 1 atom stereocenters. The molecule has 1 fully saturated rings. The lowest BCUT2D eigenvalue weighted by Crippen LogP contribution is -2.33. The van der Waals surface area contributed by atoms with Crippen LogP contribution in [0.1, 0.15) is 41.9 Å². The van der Waals surface area contributed by atoms with Gasteiger partial charge in [-0.1, -0.05) is 0 Å². The summed E-state index contributed by atoms with van der Waals surface area (Å²) < 4.78 is 7.21. The van der Waals surface area contributed by atoms with Gasteiger partial charge in [0.2, 0.25) is 5.88 Å². The zero-order valence-corrected chi connectivity index (χ0v) is 12.9. The first-order valence-corrected chi connectivity index (χ1v) is 7.70. The molecule has 1 aliphatic rings. The molecule has 0 saturated heterocycles. The number of rotatable bonds is 5. The van der Waals surface area contributed by atoms with Crippen LogP contribution < -0.4 is 10.5 Å². The van der Waals surface area contributed by atoms with Crippen molar-refractivity contribution in [3.63, 3.8) is 0 Å². The zero-order chi connectivity index (χ0) is 14.3. The molecule has 108 valence electrons. The Balaban J connectivity index is 2.04. The lowest BCUT2D eigenvalue weighted by molar-refractivity contribution is 0.361. The molecule has 20 heavy (non-hydrogen) atoms. The Hall–Kier alpha value is -1.40. The molecule has 0 amide bonds. The van der Waals surface area contributed by atoms with Crippen molar-refractivity contribution in [2.24, 2.45) is 12.8 Å². The van der Waals surface area contributed by atoms with Crippen LogP contribution in [0.3, 0.4) is 0 Å². The van der Waals surface area contributed by atoms with Crippen LogP contribution in [0.5, 0.6) is 5.88 Å². The Bertz CT molecular complexity index is 616. The number of nitrogens with zero attached hydrogens (tertiary/aromatic N) is 3. The van der Waals surface area contributed by atoms with Gasteiger partial charge in [0, 0.05) is 30.5 Å². The van der Waals surface area contributed by atoms with Crippen molar-refractivity contribution in [3.05, 3.63) is 27.8 Å². The fraction of sp³-hybridized carbons (Fsp3) is 0.571. The highest BCUT2D eigenvalue weighted by Crippen LogP contribution is 2.43. The molecule has 0 bridgehead atoms. The van der Waals surface area contributed by atoms with Gasteiger partial charge in [-0.3, -0.25) is 0 Å². The van der Waals surface area contributed by atoms with Gasteiger partial charge in [0.1, 0.15) is 5.01 Å². The number of nitrogens with two attached hydrogens (primary N) is 1. The Morgan fingerprint density at radius 1 is 1.55 bits per heavy atom. The summed E-state index contributed by atoms with van der Waals surface area (Å²) in [5.41, 5.74) is 7.95. The van der Waals surface area contributed by atoms with Crippen molar-refractivity contribution >= 4 is 11.3 Å². The Morgan fingerprint density at radius 2 is 2.30 bits per heavy atom. The van der Waals surface area contributed by atoms with E-state index in [0.29, 0.717) is 12.5 Å². The molecule has 3 rings (SSSR count). The van der Waals surface area contributed by atoms with Crippen LogP contribution in [0.25, 0.3) is 0 Å². The largest absolute Gasteiger partial charge is 0.481 e. The minimum Gasteiger partial charge on any atom is -0.481 e. The number of hydrogen-bond acceptors (Lipinski definition) is 5. The Kier molecular flexibility index (Phi) is 3.30. The van der Waals surface area contributed by atoms with E-state index >= 15 is 0 Å². The van der Waals surface area contributed by atoms with E-state index in [4.69, 9.17) is 15.5 Å². The second-order valence-electron chi connectivity index (χ2n) is 5.58. The summed E-state index contributed by atoms with van der Waals surface area (Å²) >= 11 is 1.69. The highest BCUT2D eigenvalue weighted by molar-refractivity contribution is 7.09. The van der Waals surface area contributed by atoms with E-state index in [2.05, 4.69) is 17.4 Å². The van der Waals surface area contributed by atoms with Crippen LogP contribution in [0.4, 0.5) is 0 Å². The number of thiazole rings is 1. The third-order valence-corrected chi connectivity index (χ3v) is 5.19. The second-order valence-corrected chi connectivity index (χ2v) is 6.44. The molecule has 2 aromatic rings. The first-order chi connectivity index (χ1) is 9.60. The van der Waals surface area contributed by atoms with Crippen LogP contribution in [0.15, 0.2) is 11.6 Å². The first-order valence-electron chi connectivity index (χ1n) is 6.82. The van der Waals surface area contributed by atoms with E-state index in [1.165, 1.54) is 18.5 Å². The van der Waals surface area contributed by atoms with Gasteiger partial charge in [-0.15, -0.1) is 11.3 Å². The average Bonchev–Trinajstić information content (AvgIpc) is 3.06. The third-order valence-electron chi connectivity index (χ3n) is 4.07. The first kappa shape index (κ1) is 13.6. The smallest absolute Gasteiger partial charge is 0.215 e. The molecule has 0 aromatic carbocycles. The maximum absolute atomic E-state index is 6.08. The lowest BCUT2D eigenvalue weighted by Gasteiger charge is -2.25. The lowest BCUT2D eigenvalue weighted by atomic mass is 9.84. The minimum atomic E-state index is -0.350. The second kappa shape index (κ2) is 4.86. The maximum Gasteiger partial charge on any atom is 0.215 e. The summed E-state index contributed by atoms with van der Waals surface area (Å²) in [6, 6.07) is 0. The summed E-state index contributed by atoms with van der Waals surface area (Å²) in [4.78, 5) is 4.82. The molecule has 2 aromatic heterocycles. The average molecular weight is 292 g/mol. The summed E-state index contributed by atoms with van der Waals surface area (Å²) in [6.07, 6.45) is 4.36. The quantitative estimate of drug-likeness (QED) is 0.915. The predicted molar refractivity (Wildman–Crippen MR) is 79.4 cm³/mol. The topological polar surface area (TPSA) is 66.0 Å². The number of hydrogen-bond donors (Lipinski definition) is 1. The summed E-state index contributed by atoms with van der Waals surface area (Å²) in [5, 5.41) is 7.51. The fourth-order valence-corrected chi connectivity index (χ4v) is 3.55. The van der Waals surface area contributed by atoms with Crippen molar-refractivity contribution in [3.8, 4) is 5.88 Å². The number of aryl methyl sites for hydroxylation is 1. The summed E-state index contributed by atoms with van der Waals surface area (Å²) in [6.45, 7) is 2.59. The standard InChI is InChI=1S/C14H20N4OS/c1-14(8-15,10-6-16-18(2)12(10)19-3)13-17-11(7-20-13)9-4-5-9/h6-7,9H,4-5,8,15H2,1-3H3. The molecular weight excluding hydrogens is 272 g/mol. The van der Waals surface area contributed by atoms with E-state index < -0.39 is 0 Å². The minimum absolute atomic E-state index is 0.350. The molecule has 0 aliphatic heterocycles. The molecule has 6 heteroatoms. The van der Waals surface area contributed by atoms with Gasteiger partial charge in [-0.2, -0.15) is 5.10 Å². The van der Waals surface area contributed by atoms with Gasteiger partial charge in [-0.25, -0.2) is 9.67 Å².